The number of allylic oxidation sites excluding steroid dienone is 3. The quantitative estimate of drug-likeness (QED) is 0.550. The Morgan fingerprint density at radius 3 is 2.50 bits per heavy atom. The first-order chi connectivity index (χ1) is 4.81. The molecular weight excluding hydrogens is 190 g/mol. The van der Waals surface area contributed by atoms with E-state index in [1.807, 2.05) is 6.08 Å². The van der Waals surface area contributed by atoms with Gasteiger partial charge in [0.1, 0.15) is 0 Å². The Bertz CT molecular complexity index is 104. The van der Waals surface area contributed by atoms with Gasteiger partial charge in [-0.3, -0.25) is 0 Å². The van der Waals surface area contributed by atoms with Crippen molar-refractivity contribution in [2.24, 2.45) is 11.7 Å². The summed E-state index contributed by atoms with van der Waals surface area (Å²) in [5.74, 6) is 0.501. The van der Waals surface area contributed by atoms with Gasteiger partial charge in [-0.1, -0.05) is 47.2 Å². The van der Waals surface area contributed by atoms with E-state index in [0.717, 1.165) is 5.33 Å². The van der Waals surface area contributed by atoms with Crippen molar-refractivity contribution < 1.29 is 0 Å². The van der Waals surface area contributed by atoms with Gasteiger partial charge < -0.3 is 5.73 Å². The number of rotatable bonds is 4. The molecular formula is C8H14BrN. The van der Waals surface area contributed by atoms with Crippen molar-refractivity contribution in [1.82, 2.24) is 0 Å². The van der Waals surface area contributed by atoms with Gasteiger partial charge in [-0.25, -0.2) is 0 Å². The first kappa shape index (κ1) is 9.92. The number of halogens is 1. The van der Waals surface area contributed by atoms with Crippen molar-refractivity contribution in [3.63, 3.8) is 0 Å². The monoisotopic (exact) mass is 203 g/mol. The third-order valence-corrected chi connectivity index (χ3v) is 1.48. The van der Waals surface area contributed by atoms with Gasteiger partial charge in [0.05, 0.1) is 0 Å². The normalized spacial score (nSPS) is 15.1. The van der Waals surface area contributed by atoms with Crippen LogP contribution in [0.1, 0.15) is 6.92 Å². The largest absolute Gasteiger partial charge is 0.327 e. The summed E-state index contributed by atoms with van der Waals surface area (Å²) in [7, 11) is 0. The fourth-order valence-electron chi connectivity index (χ4n) is 0.623. The molecule has 0 aromatic rings. The molecule has 0 bridgehead atoms. The number of alkyl halides is 1. The molecule has 0 aliphatic rings. The number of hydrogen-bond acceptors (Lipinski definition) is 1. The molecule has 0 amide bonds. The van der Waals surface area contributed by atoms with Crippen LogP contribution >= 0.6 is 15.9 Å². The van der Waals surface area contributed by atoms with Crippen LogP contribution < -0.4 is 5.73 Å². The Morgan fingerprint density at radius 2 is 2.00 bits per heavy atom. The summed E-state index contributed by atoms with van der Waals surface area (Å²) >= 11 is 3.31. The van der Waals surface area contributed by atoms with Gasteiger partial charge >= 0.3 is 0 Å². The van der Waals surface area contributed by atoms with Crippen LogP contribution in [-0.4, -0.2) is 11.9 Å². The highest BCUT2D eigenvalue weighted by molar-refractivity contribution is 9.09. The average Bonchev–Trinajstić information content (AvgIpc) is 1.97. The van der Waals surface area contributed by atoms with Gasteiger partial charge in [0.25, 0.3) is 0 Å². The lowest BCUT2D eigenvalue weighted by atomic mass is 10.1. The maximum Gasteiger partial charge on any atom is 0.0212 e. The molecule has 1 unspecified atom stereocenters. The van der Waals surface area contributed by atoms with Crippen molar-refractivity contribution in [3.8, 4) is 0 Å². The maximum absolute atomic E-state index is 5.29. The average molecular weight is 204 g/mol. The van der Waals surface area contributed by atoms with Crippen molar-refractivity contribution in [1.29, 1.82) is 0 Å². The molecule has 0 aromatic carbocycles. The zero-order valence-corrected chi connectivity index (χ0v) is 7.84. The Kier molecular flexibility index (Phi) is 6.98. The van der Waals surface area contributed by atoms with E-state index in [1.165, 1.54) is 0 Å². The van der Waals surface area contributed by atoms with Crippen molar-refractivity contribution in [2.45, 2.75) is 6.92 Å². The lowest BCUT2D eigenvalue weighted by Crippen LogP contribution is -1.93. The van der Waals surface area contributed by atoms with E-state index in [1.54, 1.807) is 0 Å². The van der Waals surface area contributed by atoms with Crippen LogP contribution in [0.4, 0.5) is 0 Å². The van der Waals surface area contributed by atoms with E-state index in [-0.39, 0.29) is 0 Å². The molecule has 0 saturated heterocycles. The fraction of sp³-hybridized carbons (Fsp3) is 0.500. The van der Waals surface area contributed by atoms with Crippen molar-refractivity contribution in [3.05, 3.63) is 24.3 Å². The van der Waals surface area contributed by atoms with Crippen LogP contribution in [0.5, 0.6) is 0 Å². The van der Waals surface area contributed by atoms with Crippen LogP contribution in [0.3, 0.4) is 0 Å². The van der Waals surface area contributed by atoms with E-state index in [4.69, 9.17) is 5.73 Å². The first-order valence-electron chi connectivity index (χ1n) is 3.40. The lowest BCUT2D eigenvalue weighted by molar-refractivity contribution is 0.931. The standard InChI is InChI=1S/C8H14BrN/c1-8(4-2-6-9)5-3-7-10/h2-5,8H,6-7,10H2,1H3/b4-2-,5-3+. The van der Waals surface area contributed by atoms with Gasteiger partial charge in [-0.2, -0.15) is 0 Å². The minimum Gasteiger partial charge on any atom is -0.327 e. The molecule has 10 heavy (non-hydrogen) atoms. The summed E-state index contributed by atoms with van der Waals surface area (Å²) in [4.78, 5) is 0. The van der Waals surface area contributed by atoms with Gasteiger partial charge in [0.2, 0.25) is 0 Å². The molecule has 0 radical (unpaired) electrons. The fourth-order valence-corrected chi connectivity index (χ4v) is 0.839. The van der Waals surface area contributed by atoms with Crippen molar-refractivity contribution in [2.75, 3.05) is 11.9 Å². The Morgan fingerprint density at radius 1 is 1.40 bits per heavy atom. The number of nitrogens with two attached hydrogens (primary N) is 1. The summed E-state index contributed by atoms with van der Waals surface area (Å²) < 4.78 is 0. The SMILES string of the molecule is CC(/C=C\CBr)/C=C/CN. The molecule has 1 nitrogen and oxygen atoms in total. The second kappa shape index (κ2) is 7.03. The molecule has 58 valence electrons. The van der Waals surface area contributed by atoms with Crippen LogP contribution in [0, 0.1) is 5.92 Å². The Hall–Kier alpha value is -0.0800. The summed E-state index contributed by atoms with van der Waals surface area (Å²) in [5, 5.41) is 0.924. The predicted octanol–water partition coefficient (Wildman–Crippen LogP) is 2.09. The second-order valence-electron chi connectivity index (χ2n) is 2.11. The molecule has 2 N–H and O–H groups in total. The number of hydrogen-bond donors (Lipinski definition) is 1. The summed E-state index contributed by atoms with van der Waals surface area (Å²) in [5.41, 5.74) is 5.29. The van der Waals surface area contributed by atoms with Crippen molar-refractivity contribution >= 4 is 15.9 Å². The lowest BCUT2D eigenvalue weighted by Gasteiger charge is -1.94. The summed E-state index contributed by atoms with van der Waals surface area (Å²) in [6.07, 6.45) is 8.30. The third kappa shape index (κ3) is 6.05. The Balaban J connectivity index is 3.52. The van der Waals surface area contributed by atoms with Crippen LogP contribution in [0.15, 0.2) is 24.3 Å². The van der Waals surface area contributed by atoms with E-state index >= 15 is 0 Å². The molecule has 0 spiro atoms. The molecule has 0 saturated carbocycles. The molecule has 0 aliphatic heterocycles. The van der Waals surface area contributed by atoms with Crippen LogP contribution in [-0.2, 0) is 0 Å². The molecule has 0 fully saturated rings. The molecule has 2 heteroatoms. The summed E-state index contributed by atoms with van der Waals surface area (Å²) in [6, 6.07) is 0. The molecule has 0 aliphatic carbocycles. The molecule has 0 heterocycles. The highest BCUT2D eigenvalue weighted by Crippen LogP contribution is 1.99. The van der Waals surface area contributed by atoms with Gasteiger partial charge in [-0.05, 0) is 5.92 Å². The topological polar surface area (TPSA) is 26.0 Å². The molecule has 1 atom stereocenters. The predicted molar refractivity (Wildman–Crippen MR) is 50.3 cm³/mol. The van der Waals surface area contributed by atoms with E-state index < -0.39 is 0 Å². The molecule has 0 rings (SSSR count). The highest BCUT2D eigenvalue weighted by atomic mass is 79.9. The minimum atomic E-state index is 0.501. The van der Waals surface area contributed by atoms with Gasteiger partial charge in [0.15, 0.2) is 0 Å². The third-order valence-electron chi connectivity index (χ3n) is 1.10. The van der Waals surface area contributed by atoms with Gasteiger partial charge in [0, 0.05) is 11.9 Å². The second-order valence-corrected chi connectivity index (χ2v) is 2.75. The van der Waals surface area contributed by atoms with Crippen LogP contribution in [0.25, 0.3) is 0 Å². The van der Waals surface area contributed by atoms with E-state index in [2.05, 4.69) is 41.1 Å². The smallest absolute Gasteiger partial charge is 0.0212 e. The van der Waals surface area contributed by atoms with Gasteiger partial charge in [-0.15, -0.1) is 0 Å². The first-order valence-corrected chi connectivity index (χ1v) is 4.52. The zero-order chi connectivity index (χ0) is 7.82. The Labute approximate surface area is 71.1 Å². The molecule has 0 aromatic heterocycles. The minimum absolute atomic E-state index is 0.501. The van der Waals surface area contributed by atoms with E-state index in [9.17, 15) is 0 Å². The summed E-state index contributed by atoms with van der Waals surface area (Å²) in [6.45, 7) is 2.76. The maximum atomic E-state index is 5.29. The van der Waals surface area contributed by atoms with E-state index in [0.29, 0.717) is 12.5 Å². The zero-order valence-electron chi connectivity index (χ0n) is 6.26. The van der Waals surface area contributed by atoms with Crippen LogP contribution in [0.2, 0.25) is 0 Å². The highest BCUT2D eigenvalue weighted by Gasteiger charge is 1.85.